The second kappa shape index (κ2) is 17.4. The Balaban J connectivity index is 0. The molecule has 0 aliphatic rings. The fraction of sp³-hybridized carbons (Fsp3) is 0.286. The van der Waals surface area contributed by atoms with Gasteiger partial charge in [-0.25, -0.2) is 9.18 Å². The maximum absolute atomic E-state index is 12.8. The van der Waals surface area contributed by atoms with Crippen LogP contribution in [0, 0.1) is 17.7 Å². The van der Waals surface area contributed by atoms with Crippen molar-refractivity contribution in [1.29, 1.82) is 0 Å². The molecule has 0 heterocycles. The van der Waals surface area contributed by atoms with Gasteiger partial charge in [-0.2, -0.15) is 0 Å². The van der Waals surface area contributed by atoms with Crippen molar-refractivity contribution in [1.82, 2.24) is 0 Å². The van der Waals surface area contributed by atoms with Crippen molar-refractivity contribution in [3.63, 3.8) is 0 Å². The van der Waals surface area contributed by atoms with E-state index in [0.29, 0.717) is 5.75 Å². The number of hydrogen-bond donors (Lipinski definition) is 4. The zero-order chi connectivity index (χ0) is 21.5. The van der Waals surface area contributed by atoms with Crippen molar-refractivity contribution in [3.05, 3.63) is 66.5 Å². The molecule has 1 aromatic carbocycles. The van der Waals surface area contributed by atoms with Gasteiger partial charge in [-0.15, -0.1) is 0 Å². The quantitative estimate of drug-likeness (QED) is 0.180. The molecule has 0 saturated carbocycles. The zero-order valence-electron chi connectivity index (χ0n) is 17.5. The molecule has 0 unspecified atom stereocenters. The van der Waals surface area contributed by atoms with Gasteiger partial charge >= 0.3 is 57.4 Å². The minimum atomic E-state index is -1.24. The molecule has 7 nitrogen and oxygen atoms in total. The summed E-state index contributed by atoms with van der Waals surface area (Å²) in [4.78, 5) is 10.3. The van der Waals surface area contributed by atoms with Crippen LogP contribution in [0.1, 0.15) is 1.43 Å². The number of aliphatic carboxylic acids is 1. The first-order valence-electron chi connectivity index (χ1n) is 8.61. The molecule has 0 amide bonds. The maximum Gasteiger partial charge on any atom is 1.00 e. The fourth-order valence-electron chi connectivity index (χ4n) is 1.80. The number of rotatable bonds is 11. The third kappa shape index (κ3) is 14.6. The maximum atomic E-state index is 12.8. The van der Waals surface area contributed by atoms with Crippen LogP contribution in [0.15, 0.2) is 60.7 Å². The van der Waals surface area contributed by atoms with Crippen molar-refractivity contribution < 1.29 is 91.9 Å². The van der Waals surface area contributed by atoms with Gasteiger partial charge in [0.25, 0.3) is 0 Å². The van der Waals surface area contributed by atoms with E-state index in [1.807, 2.05) is 0 Å². The summed E-state index contributed by atoms with van der Waals surface area (Å²) in [5, 5.41) is 37.3. The number of halogens is 1. The molecule has 0 aromatic heterocycles. The SMILES string of the molecule is O=C(O)COC[C@@H](O)[C@@H](O)/C=C/C=C/C#C/C=C/[C@@H](O)COc1ccc(F)cc1.[H-].[K+]. The summed E-state index contributed by atoms with van der Waals surface area (Å²) in [6.45, 7) is -0.859. The average molecular weight is 447 g/mol. The summed E-state index contributed by atoms with van der Waals surface area (Å²) in [5.41, 5.74) is 0. The topological polar surface area (TPSA) is 116 Å². The van der Waals surface area contributed by atoms with Gasteiger partial charge in [-0.05, 0) is 42.5 Å². The van der Waals surface area contributed by atoms with Gasteiger partial charge in [0, 0.05) is 0 Å². The summed E-state index contributed by atoms with van der Waals surface area (Å²) < 4.78 is 22.7. The van der Waals surface area contributed by atoms with E-state index in [9.17, 15) is 24.5 Å². The van der Waals surface area contributed by atoms with E-state index >= 15 is 0 Å². The van der Waals surface area contributed by atoms with E-state index in [4.69, 9.17) is 9.84 Å². The Labute approximate surface area is 218 Å². The summed E-state index contributed by atoms with van der Waals surface area (Å²) in [5.74, 6) is 4.26. The van der Waals surface area contributed by atoms with Gasteiger partial charge in [0.2, 0.25) is 0 Å². The number of allylic oxidation sites excluding steroid dienone is 4. The van der Waals surface area contributed by atoms with Crippen LogP contribution >= 0.6 is 0 Å². The Morgan fingerprint density at radius 1 is 1.07 bits per heavy atom. The molecule has 1 rings (SSSR count). The molecule has 3 atom stereocenters. The number of carboxylic acids is 1. The average Bonchev–Trinajstić information content (AvgIpc) is 2.69. The van der Waals surface area contributed by atoms with Crippen molar-refractivity contribution in [2.45, 2.75) is 18.3 Å². The Morgan fingerprint density at radius 3 is 2.40 bits per heavy atom. The molecule has 0 fully saturated rings. The minimum absolute atomic E-state index is 0. The van der Waals surface area contributed by atoms with Crippen molar-refractivity contribution in [3.8, 4) is 17.6 Å². The standard InChI is InChI=1S/C21H23FO7.K.H/c22-16-9-11-18(12-10-16)29-13-17(23)7-5-3-1-2-4-6-8-19(24)20(25)14-28-15-21(26)27;;/h2,4-12,17,19-20,23-25H,13-15H2,(H,26,27);;/q;+1;-1/b4-2+,7-5+,8-6+;;/t17-,19+,20-;;/m1../s1. The molecular weight excluding hydrogens is 422 g/mol. The second-order valence-corrected chi connectivity index (χ2v) is 5.69. The van der Waals surface area contributed by atoms with Gasteiger partial charge in [0.1, 0.15) is 43.1 Å². The molecule has 0 bridgehead atoms. The van der Waals surface area contributed by atoms with Crippen molar-refractivity contribution in [2.24, 2.45) is 0 Å². The molecule has 30 heavy (non-hydrogen) atoms. The Bertz CT molecular complexity index is 772. The molecule has 9 heteroatoms. The van der Waals surface area contributed by atoms with E-state index in [0.717, 1.165) is 0 Å². The molecule has 0 radical (unpaired) electrons. The smallest absolute Gasteiger partial charge is 1.00 e. The number of aliphatic hydroxyl groups excluding tert-OH is 3. The van der Waals surface area contributed by atoms with Gasteiger partial charge in [-0.1, -0.05) is 30.1 Å². The van der Waals surface area contributed by atoms with Gasteiger partial charge < -0.3 is 31.3 Å². The summed E-state index contributed by atoms with van der Waals surface area (Å²) in [7, 11) is 0. The van der Waals surface area contributed by atoms with Gasteiger partial charge in [0.05, 0.1) is 6.61 Å². The van der Waals surface area contributed by atoms with E-state index in [1.165, 1.54) is 60.7 Å². The van der Waals surface area contributed by atoms with Crippen molar-refractivity contribution >= 4 is 5.97 Å². The molecule has 1 aromatic rings. The number of ether oxygens (including phenoxy) is 2. The van der Waals surface area contributed by atoms with E-state index in [1.54, 1.807) is 0 Å². The minimum Gasteiger partial charge on any atom is -1.00 e. The van der Waals surface area contributed by atoms with Crippen molar-refractivity contribution in [2.75, 3.05) is 19.8 Å². The number of aliphatic hydroxyl groups is 3. The summed E-state index contributed by atoms with van der Waals surface area (Å²) in [6.07, 6.45) is 5.35. The van der Waals surface area contributed by atoms with Crippen LogP contribution in [0.5, 0.6) is 5.75 Å². The van der Waals surface area contributed by atoms with Crippen LogP contribution in [0.2, 0.25) is 0 Å². The Hall–Kier alpha value is -1.32. The molecule has 0 spiro atoms. The van der Waals surface area contributed by atoms with Crippen LogP contribution < -0.4 is 56.1 Å². The largest absolute Gasteiger partial charge is 1.00 e. The third-order valence-electron chi connectivity index (χ3n) is 3.23. The Kier molecular flexibility index (Phi) is 16.6. The number of benzene rings is 1. The third-order valence-corrected chi connectivity index (χ3v) is 3.23. The Morgan fingerprint density at radius 2 is 1.73 bits per heavy atom. The molecule has 4 N–H and O–H groups in total. The molecule has 0 aliphatic carbocycles. The first kappa shape index (κ1) is 28.7. The molecule has 158 valence electrons. The zero-order valence-corrected chi connectivity index (χ0v) is 19.6. The van der Waals surface area contributed by atoms with E-state index in [2.05, 4.69) is 16.6 Å². The number of carboxylic acid groups (broad SMARTS) is 1. The van der Waals surface area contributed by atoms with Crippen LogP contribution in [0.25, 0.3) is 0 Å². The second-order valence-electron chi connectivity index (χ2n) is 5.69. The van der Waals surface area contributed by atoms with Gasteiger partial charge in [-0.3, -0.25) is 0 Å². The first-order chi connectivity index (χ1) is 13.9. The number of hydrogen-bond acceptors (Lipinski definition) is 6. The molecule has 0 saturated heterocycles. The van der Waals surface area contributed by atoms with Crippen LogP contribution in [-0.2, 0) is 9.53 Å². The predicted molar refractivity (Wildman–Crippen MR) is 105 cm³/mol. The molecular formula is C21H24FKO7. The monoisotopic (exact) mass is 446 g/mol. The number of carbonyl (C=O) groups is 1. The van der Waals surface area contributed by atoms with Gasteiger partial charge in [0.15, 0.2) is 0 Å². The summed E-state index contributed by atoms with van der Waals surface area (Å²) in [6, 6.07) is 5.44. The first-order valence-corrected chi connectivity index (χ1v) is 8.61. The predicted octanol–water partition coefficient (Wildman–Crippen LogP) is -1.82. The van der Waals surface area contributed by atoms with E-state index in [-0.39, 0.29) is 71.8 Å². The van der Waals surface area contributed by atoms with Crippen LogP contribution in [-0.4, -0.2) is 64.5 Å². The fourth-order valence-corrected chi connectivity index (χ4v) is 1.80. The molecule has 0 aliphatic heterocycles. The summed E-state index contributed by atoms with van der Waals surface area (Å²) >= 11 is 0. The normalized spacial score (nSPS) is 14.1. The van der Waals surface area contributed by atoms with Crippen LogP contribution in [0.4, 0.5) is 4.39 Å². The van der Waals surface area contributed by atoms with Crippen LogP contribution in [0.3, 0.4) is 0 Å². The van der Waals surface area contributed by atoms with E-state index < -0.39 is 30.9 Å².